The number of nitrogens with one attached hydrogen (secondary N) is 1. The highest BCUT2D eigenvalue weighted by molar-refractivity contribution is 6.04. The van der Waals surface area contributed by atoms with Crippen molar-refractivity contribution in [3.63, 3.8) is 0 Å². The summed E-state index contributed by atoms with van der Waals surface area (Å²) < 4.78 is 4.99. The Hall–Kier alpha value is -2.36. The van der Waals surface area contributed by atoms with Crippen LogP contribution in [0.5, 0.6) is 5.88 Å². The number of amides is 1. The number of rotatable bonds is 4. The molecule has 0 aliphatic heterocycles. The molecule has 0 spiro atoms. The quantitative estimate of drug-likeness (QED) is 0.915. The second-order valence-corrected chi connectivity index (χ2v) is 4.09. The van der Waals surface area contributed by atoms with Crippen molar-refractivity contribution in [3.05, 3.63) is 53.7 Å². The summed E-state index contributed by atoms with van der Waals surface area (Å²) in [6, 6.07) is 11.1. The Balaban J connectivity index is 2.11. The number of aromatic nitrogens is 1. The number of hydrogen-bond acceptors (Lipinski definition) is 3. The van der Waals surface area contributed by atoms with Gasteiger partial charge in [0.15, 0.2) is 0 Å². The zero-order valence-corrected chi connectivity index (χ0v) is 11.0. The van der Waals surface area contributed by atoms with Crippen LogP contribution in [-0.2, 0) is 6.42 Å². The van der Waals surface area contributed by atoms with Gasteiger partial charge in [0.05, 0.1) is 7.11 Å². The van der Waals surface area contributed by atoms with Gasteiger partial charge < -0.3 is 10.1 Å². The van der Waals surface area contributed by atoms with Crippen LogP contribution < -0.4 is 10.1 Å². The van der Waals surface area contributed by atoms with Gasteiger partial charge in [-0.3, -0.25) is 4.79 Å². The summed E-state index contributed by atoms with van der Waals surface area (Å²) in [5.41, 5.74) is 2.54. The molecular formula is C15H16N2O2. The van der Waals surface area contributed by atoms with E-state index in [1.54, 1.807) is 18.3 Å². The van der Waals surface area contributed by atoms with Crippen LogP contribution in [0.3, 0.4) is 0 Å². The van der Waals surface area contributed by atoms with Crippen molar-refractivity contribution < 1.29 is 9.53 Å². The maximum absolute atomic E-state index is 12.0. The molecule has 1 aromatic heterocycles. The number of benzene rings is 1. The zero-order chi connectivity index (χ0) is 13.7. The summed E-state index contributed by atoms with van der Waals surface area (Å²) >= 11 is 0. The lowest BCUT2D eigenvalue weighted by molar-refractivity contribution is 0.102. The minimum absolute atomic E-state index is 0.176. The van der Waals surface area contributed by atoms with Gasteiger partial charge in [0.2, 0.25) is 5.88 Å². The molecule has 2 aromatic rings. The van der Waals surface area contributed by atoms with Gasteiger partial charge in [0, 0.05) is 23.5 Å². The molecule has 0 fully saturated rings. The smallest absolute Gasteiger partial charge is 0.255 e. The van der Waals surface area contributed by atoms with Gasteiger partial charge in [0.1, 0.15) is 0 Å². The first kappa shape index (κ1) is 13.1. The molecule has 98 valence electrons. The molecule has 0 radical (unpaired) electrons. The lowest BCUT2D eigenvalue weighted by Gasteiger charge is -2.06. The molecule has 2 rings (SSSR count). The molecule has 0 saturated heterocycles. The Labute approximate surface area is 112 Å². The van der Waals surface area contributed by atoms with Crippen molar-refractivity contribution in [1.82, 2.24) is 4.98 Å². The van der Waals surface area contributed by atoms with Crippen LogP contribution in [0.15, 0.2) is 42.6 Å². The van der Waals surface area contributed by atoms with E-state index >= 15 is 0 Å². The molecule has 1 amide bonds. The van der Waals surface area contributed by atoms with Crippen molar-refractivity contribution in [3.8, 4) is 5.88 Å². The number of pyridine rings is 1. The average molecular weight is 256 g/mol. The fraction of sp³-hybridized carbons (Fsp3) is 0.200. The summed E-state index contributed by atoms with van der Waals surface area (Å²) in [5, 5.41) is 2.84. The fourth-order valence-electron chi connectivity index (χ4n) is 1.69. The molecule has 1 aromatic carbocycles. The van der Waals surface area contributed by atoms with Crippen LogP contribution in [0.2, 0.25) is 0 Å². The Kier molecular flexibility index (Phi) is 4.13. The summed E-state index contributed by atoms with van der Waals surface area (Å²) in [5.74, 6) is 0.249. The fourth-order valence-corrected chi connectivity index (χ4v) is 1.69. The number of aryl methyl sites for hydroxylation is 1. The Morgan fingerprint density at radius 1 is 1.26 bits per heavy atom. The number of carbonyl (C=O) groups excluding carboxylic acids is 1. The minimum Gasteiger partial charge on any atom is -0.481 e. The average Bonchev–Trinajstić information content (AvgIpc) is 2.48. The molecule has 0 unspecified atom stereocenters. The predicted octanol–water partition coefficient (Wildman–Crippen LogP) is 2.90. The lowest BCUT2D eigenvalue weighted by Crippen LogP contribution is -2.12. The van der Waals surface area contributed by atoms with Crippen molar-refractivity contribution >= 4 is 11.6 Å². The number of nitrogens with zero attached hydrogens (tertiary/aromatic N) is 1. The van der Waals surface area contributed by atoms with Gasteiger partial charge in [-0.15, -0.1) is 0 Å². The summed E-state index contributed by atoms with van der Waals surface area (Å²) in [6.45, 7) is 2.09. The van der Waals surface area contributed by atoms with E-state index in [4.69, 9.17) is 4.74 Å². The molecular weight excluding hydrogens is 240 g/mol. The third kappa shape index (κ3) is 3.31. The maximum Gasteiger partial charge on any atom is 0.255 e. The molecule has 1 N–H and O–H groups in total. The van der Waals surface area contributed by atoms with Crippen molar-refractivity contribution in [1.29, 1.82) is 0 Å². The van der Waals surface area contributed by atoms with E-state index < -0.39 is 0 Å². The third-order valence-corrected chi connectivity index (χ3v) is 2.83. The highest BCUT2D eigenvalue weighted by atomic mass is 16.5. The van der Waals surface area contributed by atoms with Gasteiger partial charge >= 0.3 is 0 Å². The van der Waals surface area contributed by atoms with E-state index in [2.05, 4.69) is 17.2 Å². The molecule has 0 bridgehead atoms. The standard InChI is InChI=1S/C15H16N2O2/c1-3-11-4-6-13(7-5-11)17-15(18)12-8-9-16-14(10-12)19-2/h4-10H,3H2,1-2H3,(H,17,18). The van der Waals surface area contributed by atoms with E-state index in [0.29, 0.717) is 11.4 Å². The summed E-state index contributed by atoms with van der Waals surface area (Å²) in [4.78, 5) is 16.0. The second-order valence-electron chi connectivity index (χ2n) is 4.09. The number of hydrogen-bond donors (Lipinski definition) is 1. The first-order valence-corrected chi connectivity index (χ1v) is 6.13. The molecule has 0 aliphatic carbocycles. The monoisotopic (exact) mass is 256 g/mol. The van der Waals surface area contributed by atoms with Crippen LogP contribution in [0, 0.1) is 0 Å². The minimum atomic E-state index is -0.176. The molecule has 0 atom stereocenters. The van der Waals surface area contributed by atoms with Crippen LogP contribution >= 0.6 is 0 Å². The topological polar surface area (TPSA) is 51.2 Å². The molecule has 0 saturated carbocycles. The SMILES string of the molecule is CCc1ccc(NC(=O)c2ccnc(OC)c2)cc1. The molecule has 0 aliphatic rings. The van der Waals surface area contributed by atoms with Gasteiger partial charge in [-0.2, -0.15) is 0 Å². The molecule has 1 heterocycles. The molecule has 4 heteroatoms. The Morgan fingerprint density at radius 3 is 2.63 bits per heavy atom. The largest absolute Gasteiger partial charge is 0.481 e. The van der Waals surface area contributed by atoms with Gasteiger partial charge in [-0.25, -0.2) is 4.98 Å². The summed E-state index contributed by atoms with van der Waals surface area (Å²) in [6.07, 6.45) is 2.53. The van der Waals surface area contributed by atoms with Gasteiger partial charge in [-0.05, 0) is 30.2 Å². The first-order valence-electron chi connectivity index (χ1n) is 6.13. The highest BCUT2D eigenvalue weighted by Crippen LogP contribution is 2.13. The van der Waals surface area contributed by atoms with E-state index in [0.717, 1.165) is 12.1 Å². The van der Waals surface area contributed by atoms with Crippen molar-refractivity contribution in [2.45, 2.75) is 13.3 Å². The first-order chi connectivity index (χ1) is 9.22. The van der Waals surface area contributed by atoms with Gasteiger partial charge in [-0.1, -0.05) is 19.1 Å². The van der Waals surface area contributed by atoms with Crippen LogP contribution in [0.1, 0.15) is 22.8 Å². The number of carbonyl (C=O) groups is 1. The van der Waals surface area contributed by atoms with E-state index in [-0.39, 0.29) is 5.91 Å². The number of anilines is 1. The van der Waals surface area contributed by atoms with Crippen LogP contribution in [0.25, 0.3) is 0 Å². The maximum atomic E-state index is 12.0. The highest BCUT2D eigenvalue weighted by Gasteiger charge is 2.07. The van der Waals surface area contributed by atoms with E-state index in [1.807, 2.05) is 24.3 Å². The third-order valence-electron chi connectivity index (χ3n) is 2.83. The number of ether oxygens (including phenoxy) is 1. The molecule has 19 heavy (non-hydrogen) atoms. The normalized spacial score (nSPS) is 10.0. The van der Waals surface area contributed by atoms with Gasteiger partial charge in [0.25, 0.3) is 5.91 Å². The second kappa shape index (κ2) is 6.00. The van der Waals surface area contributed by atoms with Crippen LogP contribution in [0.4, 0.5) is 5.69 Å². The Bertz CT molecular complexity index is 565. The molecule has 4 nitrogen and oxygen atoms in total. The van der Waals surface area contributed by atoms with E-state index in [9.17, 15) is 4.79 Å². The van der Waals surface area contributed by atoms with Crippen molar-refractivity contribution in [2.75, 3.05) is 12.4 Å². The van der Waals surface area contributed by atoms with Crippen molar-refractivity contribution in [2.24, 2.45) is 0 Å². The van der Waals surface area contributed by atoms with E-state index in [1.165, 1.54) is 12.7 Å². The van der Waals surface area contributed by atoms with Crippen LogP contribution in [-0.4, -0.2) is 18.0 Å². The predicted molar refractivity (Wildman–Crippen MR) is 74.6 cm³/mol. The number of methoxy groups -OCH3 is 1. The zero-order valence-electron chi connectivity index (χ0n) is 11.0. The lowest BCUT2D eigenvalue weighted by atomic mass is 10.1. The Morgan fingerprint density at radius 2 is 2.00 bits per heavy atom. The summed E-state index contributed by atoms with van der Waals surface area (Å²) in [7, 11) is 1.52.